The summed E-state index contributed by atoms with van der Waals surface area (Å²) in [6, 6.07) is 0. The molecule has 3 heterocycles. The fraction of sp³-hybridized carbons (Fsp3) is 1.00. The van der Waals surface area contributed by atoms with Crippen LogP contribution in [0.1, 0.15) is 54.4 Å². The summed E-state index contributed by atoms with van der Waals surface area (Å²) >= 11 is 0. The van der Waals surface area contributed by atoms with E-state index in [1.54, 1.807) is 13.8 Å². The third-order valence-electron chi connectivity index (χ3n) is 6.52. The molecule has 4 unspecified atom stereocenters. The molecule has 0 saturated carbocycles. The topological polar surface area (TPSA) is 251 Å². The van der Waals surface area contributed by atoms with Crippen molar-refractivity contribution < 1.29 is 88.2 Å². The van der Waals surface area contributed by atoms with E-state index in [0.717, 1.165) is 0 Å². The molecule has 0 aliphatic carbocycles. The molecule has 3 aliphatic rings. The number of phosphoric ester groups is 4. The van der Waals surface area contributed by atoms with Crippen LogP contribution >= 0.6 is 31.3 Å². The second kappa shape index (κ2) is 17.8. The maximum absolute atomic E-state index is 12.7. The van der Waals surface area contributed by atoms with Gasteiger partial charge in [-0.15, -0.1) is 0 Å². The lowest BCUT2D eigenvalue weighted by atomic mass is 10.1. The summed E-state index contributed by atoms with van der Waals surface area (Å²) in [5.41, 5.74) is 0. The number of phosphoric acid groups is 4. The Balaban J connectivity index is 0.00000705. The zero-order chi connectivity index (χ0) is 32.8. The Hall–Kier alpha value is 0.320. The van der Waals surface area contributed by atoms with Gasteiger partial charge >= 0.3 is 31.3 Å². The average molecular weight is 738 g/mol. The molecule has 0 aromatic heterocycles. The van der Waals surface area contributed by atoms with Crippen molar-refractivity contribution in [3.05, 3.63) is 0 Å². The number of ether oxygens (including phenoxy) is 3. The first kappa shape index (κ1) is 41.5. The van der Waals surface area contributed by atoms with E-state index in [0.29, 0.717) is 0 Å². The molecule has 3 aliphatic heterocycles. The molecule has 3 rings (SSSR count). The smallest absolute Gasteiger partial charge is 0.373 e. The summed E-state index contributed by atoms with van der Waals surface area (Å²) in [4.78, 5) is 40.1. The van der Waals surface area contributed by atoms with Crippen LogP contribution in [0, 0.1) is 0 Å². The molecule has 0 radical (unpaired) electrons. The van der Waals surface area contributed by atoms with Gasteiger partial charge in [-0.3, -0.25) is 36.2 Å². The highest BCUT2D eigenvalue weighted by molar-refractivity contribution is 7.48. The van der Waals surface area contributed by atoms with Crippen LogP contribution in [-0.4, -0.2) is 108 Å². The summed E-state index contributed by atoms with van der Waals surface area (Å²) < 4.78 is 106. The highest BCUT2D eigenvalue weighted by Crippen LogP contribution is 2.52. The Kier molecular flexibility index (Phi) is 16.4. The Morgan fingerprint density at radius 3 is 1.44 bits per heavy atom. The summed E-state index contributed by atoms with van der Waals surface area (Å²) in [5.74, 6) is 0. The Labute approximate surface area is 262 Å². The van der Waals surface area contributed by atoms with Crippen molar-refractivity contribution in [1.29, 1.82) is 0 Å². The van der Waals surface area contributed by atoms with Gasteiger partial charge in [0.1, 0.15) is 36.6 Å². The highest BCUT2D eigenvalue weighted by Gasteiger charge is 2.44. The van der Waals surface area contributed by atoms with Crippen LogP contribution in [0.5, 0.6) is 0 Å². The van der Waals surface area contributed by atoms with Gasteiger partial charge < -0.3 is 33.8 Å². The Morgan fingerprint density at radius 2 is 0.978 bits per heavy atom. The van der Waals surface area contributed by atoms with Gasteiger partial charge in [0.05, 0.1) is 45.2 Å². The van der Waals surface area contributed by atoms with Gasteiger partial charge in [-0.25, -0.2) is 18.3 Å². The van der Waals surface area contributed by atoms with Gasteiger partial charge in [-0.05, 0) is 27.7 Å². The summed E-state index contributed by atoms with van der Waals surface area (Å²) in [7, 11) is -18.2. The third-order valence-corrected chi connectivity index (χ3v) is 10.7. The van der Waals surface area contributed by atoms with E-state index in [4.69, 9.17) is 45.9 Å². The van der Waals surface area contributed by atoms with Crippen molar-refractivity contribution in [2.45, 2.75) is 103 Å². The number of hydrogen-bond acceptors (Lipinski definition) is 15. The van der Waals surface area contributed by atoms with Gasteiger partial charge in [0.25, 0.3) is 0 Å². The van der Waals surface area contributed by atoms with Crippen LogP contribution in [-0.2, 0) is 68.7 Å². The monoisotopic (exact) mass is 738 g/mol. The molecule has 4 N–H and O–H groups in total. The first-order chi connectivity index (χ1) is 20.4. The highest BCUT2D eigenvalue weighted by atomic mass is 31.2. The lowest BCUT2D eigenvalue weighted by Gasteiger charge is -2.25. The summed E-state index contributed by atoms with van der Waals surface area (Å²) in [6.45, 7) is 4.75. The Morgan fingerprint density at radius 1 is 0.600 bits per heavy atom. The quantitative estimate of drug-likeness (QED) is 0.138. The van der Waals surface area contributed by atoms with E-state index in [1.165, 1.54) is 13.8 Å². The molecule has 45 heavy (non-hydrogen) atoms. The van der Waals surface area contributed by atoms with Crippen LogP contribution in [0.3, 0.4) is 0 Å². The molecule has 3 fully saturated rings. The zero-order valence-electron chi connectivity index (χ0n) is 24.7. The number of hydrogen-bond donors (Lipinski definition) is 4. The van der Waals surface area contributed by atoms with E-state index in [-0.39, 0.29) is 46.5 Å². The van der Waals surface area contributed by atoms with Crippen LogP contribution in [0.4, 0.5) is 0 Å². The second-order valence-corrected chi connectivity index (χ2v) is 15.8. The average Bonchev–Trinajstić information content (AvgIpc) is 3.57. The van der Waals surface area contributed by atoms with Crippen molar-refractivity contribution in [1.82, 2.24) is 0 Å². The third kappa shape index (κ3) is 14.0. The molecule has 268 valence electrons. The van der Waals surface area contributed by atoms with Gasteiger partial charge in [0.15, 0.2) is 0 Å². The summed E-state index contributed by atoms with van der Waals surface area (Å²) in [6.07, 6.45) is -6.44. The minimum atomic E-state index is -4.76. The van der Waals surface area contributed by atoms with Gasteiger partial charge in [-0.1, -0.05) is 7.43 Å². The van der Waals surface area contributed by atoms with E-state index in [2.05, 4.69) is 4.52 Å². The van der Waals surface area contributed by atoms with Crippen molar-refractivity contribution in [2.75, 3.05) is 39.6 Å². The zero-order valence-corrected chi connectivity index (χ0v) is 28.3. The molecular formula is C22H46O19P4. The molecule has 0 aromatic carbocycles. The van der Waals surface area contributed by atoms with Crippen LogP contribution in [0.15, 0.2) is 0 Å². The fourth-order valence-corrected chi connectivity index (χ4v) is 8.36. The SMILES string of the molecule is C.CCOP(=O)(O)OC[C@H]1O[C@@H](C)C[C@H]1OP(=O)(O)OC[C@H]1OCC[C@H]1OP(=O)(O)OC[C@H]1O[C@@H](C)C[C@H]1OP(=O)(O)OCC. The van der Waals surface area contributed by atoms with Gasteiger partial charge in [0.2, 0.25) is 0 Å². The molecule has 0 amide bonds. The maximum atomic E-state index is 12.7. The number of rotatable bonds is 19. The maximum Gasteiger partial charge on any atom is 0.472 e. The molecule has 0 spiro atoms. The largest absolute Gasteiger partial charge is 0.472 e. The van der Waals surface area contributed by atoms with E-state index >= 15 is 0 Å². The second-order valence-electron chi connectivity index (χ2n) is 10.2. The standard InChI is InChI=1S/C21H42O19P4.CH4/c1-5-31-41(22,23)33-12-20-18(10-15(4)36-20)40-44(28,29)34-11-19-16(7-8-30-19)38-43(26,27)35-13-21-17(9-14(3)37-21)39-42(24,25)32-6-2;/h14-21H,5-13H2,1-4H3,(H,22,23)(H,24,25)(H,26,27)(H,28,29);1H4/t14-,15-,16+,17+,18+,19+,20+,21+;/m0./s1. The fourth-order valence-electron chi connectivity index (χ4n) is 4.73. The molecule has 23 heteroatoms. The van der Waals surface area contributed by atoms with E-state index in [1.807, 2.05) is 0 Å². The van der Waals surface area contributed by atoms with Crippen LogP contribution in [0.2, 0.25) is 0 Å². The van der Waals surface area contributed by atoms with Gasteiger partial charge in [-0.2, -0.15) is 0 Å². The minimum absolute atomic E-state index is 0. The predicted molar refractivity (Wildman–Crippen MR) is 154 cm³/mol. The van der Waals surface area contributed by atoms with Crippen molar-refractivity contribution in [3.8, 4) is 0 Å². The lowest BCUT2D eigenvalue weighted by molar-refractivity contribution is -0.0355. The van der Waals surface area contributed by atoms with Crippen LogP contribution < -0.4 is 0 Å². The van der Waals surface area contributed by atoms with Crippen molar-refractivity contribution >= 4 is 31.3 Å². The molecular weight excluding hydrogens is 692 g/mol. The molecule has 0 aromatic rings. The van der Waals surface area contributed by atoms with Crippen molar-refractivity contribution in [3.63, 3.8) is 0 Å². The molecule has 0 bridgehead atoms. The minimum Gasteiger partial charge on any atom is -0.373 e. The van der Waals surface area contributed by atoms with Crippen molar-refractivity contribution in [2.24, 2.45) is 0 Å². The molecule has 19 nitrogen and oxygen atoms in total. The van der Waals surface area contributed by atoms with Gasteiger partial charge in [0, 0.05) is 25.9 Å². The normalized spacial score (nSPS) is 35.6. The predicted octanol–water partition coefficient (Wildman–Crippen LogP) is 3.45. The first-order valence-corrected chi connectivity index (χ1v) is 19.9. The molecule has 12 atom stereocenters. The van der Waals surface area contributed by atoms with Crippen LogP contribution in [0.25, 0.3) is 0 Å². The molecule has 3 saturated heterocycles. The lowest BCUT2D eigenvalue weighted by Crippen LogP contribution is -2.31. The first-order valence-electron chi connectivity index (χ1n) is 13.9. The summed E-state index contributed by atoms with van der Waals surface area (Å²) in [5, 5.41) is 0. The Bertz CT molecular complexity index is 1110. The van der Waals surface area contributed by atoms with E-state index < -0.39 is 99.9 Å². The van der Waals surface area contributed by atoms with E-state index in [9.17, 15) is 37.8 Å².